The average Bonchev–Trinajstić information content (AvgIpc) is 2.42. The summed E-state index contributed by atoms with van der Waals surface area (Å²) in [5.74, 6) is -0.0885. The molecule has 110 valence electrons. The number of sulfonamides is 1. The van der Waals surface area contributed by atoms with Gasteiger partial charge in [-0.15, -0.1) is 0 Å². The molecule has 0 radical (unpaired) electrons. The van der Waals surface area contributed by atoms with E-state index < -0.39 is 10.0 Å². The highest BCUT2D eigenvalue weighted by Gasteiger charge is 2.33. The Hall–Kier alpha value is -0.620. The van der Waals surface area contributed by atoms with E-state index >= 15 is 0 Å². The lowest BCUT2D eigenvalue weighted by Gasteiger charge is -2.30. The number of piperidine rings is 1. The molecule has 1 aliphatic heterocycles. The van der Waals surface area contributed by atoms with Gasteiger partial charge in [-0.3, -0.25) is 4.79 Å². The Kier molecular flexibility index (Phi) is 4.74. The number of hydrogen-bond acceptors (Lipinski definition) is 3. The summed E-state index contributed by atoms with van der Waals surface area (Å²) < 4.78 is 26.4. The summed E-state index contributed by atoms with van der Waals surface area (Å²) in [7, 11) is -3.63. The Morgan fingerprint density at radius 1 is 1.30 bits per heavy atom. The van der Waals surface area contributed by atoms with E-state index in [1.54, 1.807) is 0 Å². The second kappa shape index (κ2) is 6.02. The lowest BCUT2D eigenvalue weighted by molar-refractivity contribution is -0.125. The molecular weight excluding hydrogens is 321 g/mol. The quantitative estimate of drug-likeness (QED) is 0.853. The fraction of sp³-hybridized carbons (Fsp3) is 0.462. The van der Waals surface area contributed by atoms with Gasteiger partial charge in [-0.05, 0) is 24.6 Å². The largest absolute Gasteiger partial charge is 0.299 e. The van der Waals surface area contributed by atoms with Crippen molar-refractivity contribution >= 4 is 39.0 Å². The fourth-order valence-corrected chi connectivity index (χ4v) is 4.11. The molecule has 1 fully saturated rings. The first kappa shape index (κ1) is 15.8. The molecule has 1 saturated heterocycles. The van der Waals surface area contributed by atoms with Gasteiger partial charge in [0.2, 0.25) is 10.0 Å². The molecule has 0 bridgehead atoms. The lowest BCUT2D eigenvalue weighted by atomic mass is 9.96. The van der Waals surface area contributed by atoms with E-state index in [0.717, 1.165) is 0 Å². The van der Waals surface area contributed by atoms with Crippen LogP contribution in [0.4, 0.5) is 0 Å². The number of halogens is 2. The highest BCUT2D eigenvalue weighted by atomic mass is 35.5. The van der Waals surface area contributed by atoms with Crippen molar-refractivity contribution in [1.82, 2.24) is 4.31 Å². The van der Waals surface area contributed by atoms with Crippen LogP contribution in [0.1, 0.15) is 19.8 Å². The second-order valence-electron chi connectivity index (χ2n) is 4.76. The molecule has 1 aromatic rings. The van der Waals surface area contributed by atoms with Gasteiger partial charge in [-0.1, -0.05) is 30.1 Å². The zero-order valence-corrected chi connectivity index (χ0v) is 13.3. The molecule has 0 amide bonds. The van der Waals surface area contributed by atoms with E-state index in [4.69, 9.17) is 23.2 Å². The topological polar surface area (TPSA) is 54.5 Å². The lowest BCUT2D eigenvalue weighted by Crippen LogP contribution is -2.43. The molecular formula is C13H15Cl2NO3S. The van der Waals surface area contributed by atoms with Gasteiger partial charge in [0, 0.05) is 25.4 Å². The Balaban J connectivity index is 2.30. The van der Waals surface area contributed by atoms with E-state index in [-0.39, 0.29) is 41.1 Å². The maximum absolute atomic E-state index is 12.5. The molecule has 20 heavy (non-hydrogen) atoms. The molecule has 0 aliphatic carbocycles. The van der Waals surface area contributed by atoms with Crippen molar-refractivity contribution in [3.8, 4) is 0 Å². The molecule has 1 heterocycles. The molecule has 1 atom stereocenters. The van der Waals surface area contributed by atoms with Crippen molar-refractivity contribution < 1.29 is 13.2 Å². The number of hydrogen-bond donors (Lipinski definition) is 0. The first-order valence-corrected chi connectivity index (χ1v) is 8.53. The fourth-order valence-electron chi connectivity index (χ4n) is 2.24. The first-order chi connectivity index (χ1) is 9.36. The van der Waals surface area contributed by atoms with E-state index in [0.29, 0.717) is 11.4 Å². The monoisotopic (exact) mass is 335 g/mol. The highest BCUT2D eigenvalue weighted by molar-refractivity contribution is 7.89. The van der Waals surface area contributed by atoms with Gasteiger partial charge in [-0.2, -0.15) is 4.31 Å². The predicted molar refractivity (Wildman–Crippen MR) is 78.6 cm³/mol. The van der Waals surface area contributed by atoms with Gasteiger partial charge >= 0.3 is 0 Å². The van der Waals surface area contributed by atoms with E-state index in [1.807, 2.05) is 6.92 Å². The molecule has 0 N–H and O–H groups in total. The number of nitrogens with zero attached hydrogens (tertiary/aromatic N) is 1. The number of ketones is 1. The maximum Gasteiger partial charge on any atom is 0.243 e. The number of rotatable bonds is 3. The Bertz CT molecular complexity index is 631. The third kappa shape index (κ3) is 3.01. The number of Topliss-reactive ketones (excluding diaryl/α,β-unsaturated/α-hetero) is 1. The molecule has 0 spiro atoms. The van der Waals surface area contributed by atoms with Crippen molar-refractivity contribution in [2.45, 2.75) is 24.7 Å². The normalized spacial score (nSPS) is 21.1. The van der Waals surface area contributed by atoms with Crippen LogP contribution >= 0.6 is 23.2 Å². The molecule has 7 heteroatoms. The van der Waals surface area contributed by atoms with Crippen LogP contribution in [0.3, 0.4) is 0 Å². The van der Waals surface area contributed by atoms with Gasteiger partial charge < -0.3 is 0 Å². The van der Waals surface area contributed by atoms with E-state index in [9.17, 15) is 13.2 Å². The standard InChI is InChI=1S/C13H15Cl2NO3S/c1-2-9-8-16(6-5-13(9)17)20(18,19)10-3-4-11(14)12(15)7-10/h3-4,7,9H,2,5-6,8H2,1H3. The van der Waals surface area contributed by atoms with Crippen LogP contribution in [-0.2, 0) is 14.8 Å². The predicted octanol–water partition coefficient (Wildman–Crippen LogP) is 2.98. The van der Waals surface area contributed by atoms with E-state index in [1.165, 1.54) is 22.5 Å². The first-order valence-electron chi connectivity index (χ1n) is 6.34. The van der Waals surface area contributed by atoms with Gasteiger partial charge in [0.05, 0.1) is 14.9 Å². The molecule has 0 aromatic heterocycles. The minimum Gasteiger partial charge on any atom is -0.299 e. The van der Waals surface area contributed by atoms with Crippen molar-refractivity contribution in [2.75, 3.05) is 13.1 Å². The zero-order chi connectivity index (χ0) is 14.9. The van der Waals surface area contributed by atoms with Crippen molar-refractivity contribution in [2.24, 2.45) is 5.92 Å². The molecule has 2 rings (SSSR count). The Labute approximate surface area is 128 Å². The van der Waals surface area contributed by atoms with E-state index in [2.05, 4.69) is 0 Å². The van der Waals surface area contributed by atoms with Crippen LogP contribution in [0.2, 0.25) is 10.0 Å². The maximum atomic E-state index is 12.5. The second-order valence-corrected chi connectivity index (χ2v) is 7.51. The summed E-state index contributed by atoms with van der Waals surface area (Å²) in [6, 6.07) is 4.24. The number of carbonyl (C=O) groups is 1. The summed E-state index contributed by atoms with van der Waals surface area (Å²) >= 11 is 11.7. The third-order valence-corrected chi connectivity index (χ3v) is 6.11. The van der Waals surface area contributed by atoms with Crippen molar-refractivity contribution in [3.05, 3.63) is 28.2 Å². The smallest absolute Gasteiger partial charge is 0.243 e. The summed E-state index contributed by atoms with van der Waals surface area (Å²) in [6.07, 6.45) is 0.908. The van der Waals surface area contributed by atoms with Crippen LogP contribution in [0.25, 0.3) is 0 Å². The van der Waals surface area contributed by atoms with Gasteiger partial charge in [0.1, 0.15) is 5.78 Å². The van der Waals surface area contributed by atoms with Crippen molar-refractivity contribution in [3.63, 3.8) is 0 Å². The van der Waals surface area contributed by atoms with Crippen LogP contribution in [0, 0.1) is 5.92 Å². The zero-order valence-electron chi connectivity index (χ0n) is 11.0. The van der Waals surface area contributed by atoms with Crippen LogP contribution in [0.5, 0.6) is 0 Å². The summed E-state index contributed by atoms with van der Waals surface area (Å²) in [4.78, 5) is 11.8. The Morgan fingerprint density at radius 2 is 2.00 bits per heavy atom. The SMILES string of the molecule is CCC1CN(S(=O)(=O)c2ccc(Cl)c(Cl)c2)CCC1=O. The van der Waals surface area contributed by atoms with Crippen molar-refractivity contribution in [1.29, 1.82) is 0 Å². The summed E-state index contributed by atoms with van der Waals surface area (Å²) in [5.41, 5.74) is 0. The van der Waals surface area contributed by atoms with Gasteiger partial charge in [-0.25, -0.2) is 8.42 Å². The summed E-state index contributed by atoms with van der Waals surface area (Å²) in [5, 5.41) is 0.513. The van der Waals surface area contributed by atoms with Crippen LogP contribution < -0.4 is 0 Å². The molecule has 1 aromatic carbocycles. The summed E-state index contributed by atoms with van der Waals surface area (Å²) in [6.45, 7) is 2.34. The van der Waals surface area contributed by atoms with Crippen LogP contribution in [-0.4, -0.2) is 31.6 Å². The number of benzene rings is 1. The third-order valence-electron chi connectivity index (χ3n) is 3.51. The molecule has 4 nitrogen and oxygen atoms in total. The molecule has 1 unspecified atom stereocenters. The minimum absolute atomic E-state index is 0.108. The van der Waals surface area contributed by atoms with Gasteiger partial charge in [0.25, 0.3) is 0 Å². The molecule has 1 aliphatic rings. The highest BCUT2D eigenvalue weighted by Crippen LogP contribution is 2.28. The van der Waals surface area contributed by atoms with Crippen LogP contribution in [0.15, 0.2) is 23.1 Å². The van der Waals surface area contributed by atoms with Gasteiger partial charge in [0.15, 0.2) is 0 Å². The molecule has 0 saturated carbocycles. The Morgan fingerprint density at radius 3 is 2.60 bits per heavy atom. The minimum atomic E-state index is -3.63. The number of carbonyl (C=O) groups excluding carboxylic acids is 1. The average molecular weight is 336 g/mol.